The van der Waals surface area contributed by atoms with Crippen molar-refractivity contribution in [1.29, 1.82) is 0 Å². The van der Waals surface area contributed by atoms with Gasteiger partial charge in [-0.1, -0.05) is 200 Å². The molecule has 0 fully saturated rings. The number of fused-ring (bicyclic) bond motifs is 3. The van der Waals surface area contributed by atoms with Gasteiger partial charge in [-0.2, -0.15) is 0 Å². The summed E-state index contributed by atoms with van der Waals surface area (Å²) in [6.07, 6.45) is 0. The van der Waals surface area contributed by atoms with Crippen LogP contribution in [0.25, 0.3) is 106 Å². The highest BCUT2D eigenvalue weighted by Crippen LogP contribution is 2.39. The van der Waals surface area contributed by atoms with Gasteiger partial charge in [0.05, 0.1) is 16.7 Å². The second-order valence-electron chi connectivity index (χ2n) is 15.2. The van der Waals surface area contributed by atoms with Crippen molar-refractivity contribution in [2.75, 3.05) is 0 Å². The summed E-state index contributed by atoms with van der Waals surface area (Å²) in [5, 5.41) is 2.39. The van der Waals surface area contributed by atoms with E-state index >= 15 is 0 Å². The molecule has 0 amide bonds. The Kier molecular flexibility index (Phi) is 9.14. The number of hydrogen-bond acceptors (Lipinski definition) is 3. The maximum absolute atomic E-state index is 5.32. The number of para-hydroxylation sites is 2. The van der Waals surface area contributed by atoms with Gasteiger partial charge >= 0.3 is 0 Å². The minimum absolute atomic E-state index is 0.600. The van der Waals surface area contributed by atoms with Gasteiger partial charge in [-0.25, -0.2) is 15.0 Å². The van der Waals surface area contributed by atoms with Crippen LogP contribution in [0.5, 0.6) is 0 Å². The zero-order chi connectivity index (χ0) is 40.5. The maximum atomic E-state index is 5.32. The van der Waals surface area contributed by atoms with E-state index in [1.54, 1.807) is 0 Å². The van der Waals surface area contributed by atoms with Crippen molar-refractivity contribution in [2.24, 2.45) is 0 Å². The third kappa shape index (κ3) is 6.86. The first-order valence-corrected chi connectivity index (χ1v) is 20.6. The van der Waals surface area contributed by atoms with Gasteiger partial charge in [-0.3, -0.25) is 0 Å². The molecule has 0 unspecified atom stereocenters. The van der Waals surface area contributed by atoms with E-state index in [1.165, 1.54) is 21.9 Å². The fraction of sp³-hybridized carbons (Fsp3) is 0. The predicted octanol–water partition coefficient (Wildman–Crippen LogP) is 14.6. The van der Waals surface area contributed by atoms with Crippen LogP contribution in [0.3, 0.4) is 0 Å². The third-order valence-corrected chi connectivity index (χ3v) is 11.5. The highest BCUT2D eigenvalue weighted by molar-refractivity contribution is 6.09. The van der Waals surface area contributed by atoms with Crippen LogP contribution in [0.15, 0.2) is 231 Å². The summed E-state index contributed by atoms with van der Waals surface area (Å²) in [6.45, 7) is 0. The van der Waals surface area contributed by atoms with E-state index in [0.717, 1.165) is 66.8 Å². The fourth-order valence-corrected chi connectivity index (χ4v) is 8.42. The molecule has 0 saturated carbocycles. The molecule has 4 nitrogen and oxygen atoms in total. The molecule has 0 saturated heterocycles. The van der Waals surface area contributed by atoms with Gasteiger partial charge in [-0.15, -0.1) is 0 Å². The average Bonchev–Trinajstić information content (AvgIpc) is 3.69. The second-order valence-corrected chi connectivity index (χ2v) is 15.2. The van der Waals surface area contributed by atoms with Crippen molar-refractivity contribution < 1.29 is 0 Å². The molecule has 2 heterocycles. The Morgan fingerprint density at radius 3 is 1.10 bits per heavy atom. The molecule has 0 aliphatic rings. The van der Waals surface area contributed by atoms with Crippen molar-refractivity contribution in [2.45, 2.75) is 0 Å². The summed E-state index contributed by atoms with van der Waals surface area (Å²) in [5.41, 5.74) is 15.2. The quantitative estimate of drug-likeness (QED) is 0.154. The Morgan fingerprint density at radius 2 is 0.590 bits per heavy atom. The molecule has 4 heteroatoms. The number of aromatic nitrogens is 4. The molecule has 2 aromatic heterocycles. The van der Waals surface area contributed by atoms with E-state index in [-0.39, 0.29) is 0 Å². The van der Waals surface area contributed by atoms with Crippen LogP contribution >= 0.6 is 0 Å². The van der Waals surface area contributed by atoms with E-state index in [0.29, 0.717) is 17.5 Å². The Balaban J connectivity index is 1.09. The highest BCUT2D eigenvalue weighted by Gasteiger charge is 2.20. The van der Waals surface area contributed by atoms with Crippen LogP contribution in [-0.4, -0.2) is 19.5 Å². The number of hydrogen-bond donors (Lipinski definition) is 0. The molecule has 286 valence electrons. The molecule has 0 aliphatic heterocycles. The summed E-state index contributed by atoms with van der Waals surface area (Å²) in [6, 6.07) is 81.1. The van der Waals surface area contributed by atoms with Crippen LogP contribution < -0.4 is 0 Å². The highest BCUT2D eigenvalue weighted by atomic mass is 15.1. The van der Waals surface area contributed by atoms with E-state index < -0.39 is 0 Å². The smallest absolute Gasteiger partial charge is 0.166 e. The monoisotopic (exact) mass is 778 g/mol. The summed E-state index contributed by atoms with van der Waals surface area (Å²) in [5.74, 6) is 1.82. The first-order chi connectivity index (χ1) is 30.2. The largest absolute Gasteiger partial charge is 0.308 e. The summed E-state index contributed by atoms with van der Waals surface area (Å²) in [4.78, 5) is 15.8. The molecule has 0 radical (unpaired) electrons. The third-order valence-electron chi connectivity index (χ3n) is 11.5. The predicted molar refractivity (Wildman–Crippen MR) is 252 cm³/mol. The Labute approximate surface area is 354 Å². The van der Waals surface area contributed by atoms with Gasteiger partial charge in [-0.05, 0) is 74.8 Å². The van der Waals surface area contributed by atoms with Crippen molar-refractivity contribution >= 4 is 21.8 Å². The zero-order valence-corrected chi connectivity index (χ0v) is 33.2. The van der Waals surface area contributed by atoms with Gasteiger partial charge in [0.1, 0.15) is 0 Å². The van der Waals surface area contributed by atoms with Gasteiger partial charge in [0.2, 0.25) is 0 Å². The standard InChI is InChI=1S/C57H38N4/c1-4-15-39(16-5-1)42-27-31-44(32-28-42)55-58-56(45-33-29-43(30-34-45)47-22-14-21-46(37-47)40-17-6-2-7-18-40)60-57(59-55)51-36-35-48(41-19-8-3-9-20-41)38-54(51)61-52-25-12-10-23-49(52)50-24-11-13-26-53(50)61/h1-38H. The Morgan fingerprint density at radius 1 is 0.246 bits per heavy atom. The van der Waals surface area contributed by atoms with E-state index in [2.05, 4.69) is 229 Å². The van der Waals surface area contributed by atoms with Gasteiger partial charge in [0.25, 0.3) is 0 Å². The van der Waals surface area contributed by atoms with Gasteiger partial charge in [0, 0.05) is 27.5 Å². The minimum atomic E-state index is 0.600. The zero-order valence-electron chi connectivity index (χ0n) is 33.2. The topological polar surface area (TPSA) is 43.6 Å². The normalized spacial score (nSPS) is 11.3. The average molecular weight is 779 g/mol. The SMILES string of the molecule is c1ccc(-c2ccc(-c3nc(-c4ccc(-c5cccc(-c6ccccc6)c5)cc4)nc(-c4ccc(-c5ccccc5)cc4-n4c5ccccc5c5ccccc54)n3)cc2)cc1. The number of benzene rings is 9. The summed E-state index contributed by atoms with van der Waals surface area (Å²) in [7, 11) is 0. The summed E-state index contributed by atoms with van der Waals surface area (Å²) < 4.78 is 2.36. The maximum Gasteiger partial charge on any atom is 0.166 e. The Hall–Kier alpha value is -8.21. The summed E-state index contributed by atoms with van der Waals surface area (Å²) >= 11 is 0. The number of rotatable bonds is 8. The van der Waals surface area contributed by atoms with Crippen LogP contribution in [0, 0.1) is 0 Å². The lowest BCUT2D eigenvalue weighted by Crippen LogP contribution is -2.04. The first kappa shape index (κ1) is 35.9. The fourth-order valence-electron chi connectivity index (χ4n) is 8.42. The van der Waals surface area contributed by atoms with E-state index in [1.807, 2.05) is 6.07 Å². The van der Waals surface area contributed by atoms with Crippen LogP contribution in [0.2, 0.25) is 0 Å². The van der Waals surface area contributed by atoms with Crippen LogP contribution in [0.1, 0.15) is 0 Å². The van der Waals surface area contributed by atoms with E-state index in [4.69, 9.17) is 15.0 Å². The molecule has 0 N–H and O–H groups in total. The van der Waals surface area contributed by atoms with Gasteiger partial charge in [0.15, 0.2) is 17.5 Å². The van der Waals surface area contributed by atoms with Crippen LogP contribution in [0.4, 0.5) is 0 Å². The Bertz CT molecular complexity index is 3270. The molecule has 0 bridgehead atoms. The molecule has 0 atom stereocenters. The van der Waals surface area contributed by atoms with Crippen molar-refractivity contribution in [3.05, 3.63) is 231 Å². The van der Waals surface area contributed by atoms with Crippen LogP contribution in [-0.2, 0) is 0 Å². The molecule has 0 spiro atoms. The molecular formula is C57H38N4. The van der Waals surface area contributed by atoms with Crippen molar-refractivity contribution in [3.8, 4) is 84.4 Å². The molecule has 11 aromatic rings. The van der Waals surface area contributed by atoms with E-state index in [9.17, 15) is 0 Å². The molecule has 9 aromatic carbocycles. The minimum Gasteiger partial charge on any atom is -0.308 e. The molecule has 61 heavy (non-hydrogen) atoms. The first-order valence-electron chi connectivity index (χ1n) is 20.6. The lowest BCUT2D eigenvalue weighted by Gasteiger charge is -2.16. The molecular weight excluding hydrogens is 741 g/mol. The van der Waals surface area contributed by atoms with Crippen molar-refractivity contribution in [3.63, 3.8) is 0 Å². The number of nitrogens with zero attached hydrogens (tertiary/aromatic N) is 4. The molecule has 11 rings (SSSR count). The van der Waals surface area contributed by atoms with Crippen molar-refractivity contribution in [1.82, 2.24) is 19.5 Å². The lowest BCUT2D eigenvalue weighted by molar-refractivity contribution is 1.06. The molecule has 0 aliphatic carbocycles. The second kappa shape index (κ2) is 15.5. The van der Waals surface area contributed by atoms with Gasteiger partial charge < -0.3 is 4.57 Å². The lowest BCUT2D eigenvalue weighted by atomic mass is 9.98.